The van der Waals surface area contributed by atoms with Crippen LogP contribution in [0.4, 0.5) is 0 Å². The summed E-state index contributed by atoms with van der Waals surface area (Å²) in [4.78, 5) is 0. The minimum atomic E-state index is 0.131. The van der Waals surface area contributed by atoms with Gasteiger partial charge in [-0.15, -0.1) is 0 Å². The number of benzene rings is 1. The Balaban J connectivity index is 2.28. The molecule has 0 unspecified atom stereocenters. The molecule has 2 rings (SSSR count). The van der Waals surface area contributed by atoms with Crippen molar-refractivity contribution in [1.29, 1.82) is 0 Å². The molecule has 0 radical (unpaired) electrons. The van der Waals surface area contributed by atoms with Crippen LogP contribution in [0.2, 0.25) is 0 Å². The molecule has 1 fully saturated rings. The molecular weight excluding hydrogens is 222 g/mol. The van der Waals surface area contributed by atoms with Crippen LogP contribution in [0.25, 0.3) is 0 Å². The smallest absolute Gasteiger partial charge is 0.123 e. The second kappa shape index (κ2) is 5.57. The molecule has 1 saturated carbocycles. The largest absolute Gasteiger partial charge is 0.489 e. The van der Waals surface area contributed by atoms with Gasteiger partial charge in [0.2, 0.25) is 0 Å². The van der Waals surface area contributed by atoms with Gasteiger partial charge in [-0.2, -0.15) is 0 Å². The van der Waals surface area contributed by atoms with Gasteiger partial charge in [-0.3, -0.25) is 0 Å². The van der Waals surface area contributed by atoms with Crippen molar-refractivity contribution in [2.45, 2.75) is 38.0 Å². The van der Waals surface area contributed by atoms with Gasteiger partial charge in [-0.05, 0) is 31.4 Å². The van der Waals surface area contributed by atoms with Crippen molar-refractivity contribution in [3.05, 3.63) is 42.0 Å². The molecule has 0 heterocycles. The SMILES string of the molecule is C=C(C)COc1ccccc1C1(CN)CCCC1. The zero-order valence-corrected chi connectivity index (χ0v) is 11.2. The summed E-state index contributed by atoms with van der Waals surface area (Å²) in [6.07, 6.45) is 4.89. The van der Waals surface area contributed by atoms with E-state index in [2.05, 4.69) is 18.7 Å². The molecule has 1 aromatic rings. The van der Waals surface area contributed by atoms with Gasteiger partial charge in [-0.25, -0.2) is 0 Å². The van der Waals surface area contributed by atoms with Crippen LogP contribution >= 0.6 is 0 Å². The molecule has 0 saturated heterocycles. The van der Waals surface area contributed by atoms with Crippen molar-refractivity contribution in [3.8, 4) is 5.75 Å². The van der Waals surface area contributed by atoms with E-state index in [9.17, 15) is 0 Å². The Hall–Kier alpha value is -1.28. The average Bonchev–Trinajstić information content (AvgIpc) is 2.86. The number of ether oxygens (including phenoxy) is 1. The first-order valence-corrected chi connectivity index (χ1v) is 6.75. The fraction of sp³-hybridized carbons (Fsp3) is 0.500. The van der Waals surface area contributed by atoms with Crippen molar-refractivity contribution >= 4 is 0 Å². The molecule has 0 aromatic heterocycles. The molecule has 1 aliphatic rings. The summed E-state index contributed by atoms with van der Waals surface area (Å²) in [6, 6.07) is 8.33. The van der Waals surface area contributed by atoms with E-state index in [0.717, 1.165) is 11.3 Å². The van der Waals surface area contributed by atoms with E-state index in [0.29, 0.717) is 13.2 Å². The highest BCUT2D eigenvalue weighted by molar-refractivity contribution is 5.41. The van der Waals surface area contributed by atoms with Gasteiger partial charge in [-0.1, -0.05) is 37.6 Å². The highest BCUT2D eigenvalue weighted by atomic mass is 16.5. The highest BCUT2D eigenvalue weighted by Crippen LogP contribution is 2.43. The Labute approximate surface area is 110 Å². The Morgan fingerprint density at radius 2 is 2.00 bits per heavy atom. The normalized spacial score (nSPS) is 17.7. The van der Waals surface area contributed by atoms with Crippen molar-refractivity contribution in [2.24, 2.45) is 5.73 Å². The minimum absolute atomic E-state index is 0.131. The Morgan fingerprint density at radius 3 is 2.61 bits per heavy atom. The predicted molar refractivity (Wildman–Crippen MR) is 76.0 cm³/mol. The zero-order valence-electron chi connectivity index (χ0n) is 11.2. The first-order valence-electron chi connectivity index (χ1n) is 6.75. The van der Waals surface area contributed by atoms with Crippen LogP contribution in [-0.2, 0) is 5.41 Å². The fourth-order valence-electron chi connectivity index (χ4n) is 2.87. The van der Waals surface area contributed by atoms with Crippen LogP contribution in [0.15, 0.2) is 36.4 Å². The monoisotopic (exact) mass is 245 g/mol. The van der Waals surface area contributed by atoms with Gasteiger partial charge in [0, 0.05) is 17.5 Å². The third-order valence-electron chi connectivity index (χ3n) is 3.88. The lowest BCUT2D eigenvalue weighted by molar-refractivity contribution is 0.332. The first kappa shape index (κ1) is 13.2. The molecule has 0 atom stereocenters. The summed E-state index contributed by atoms with van der Waals surface area (Å²) in [5.74, 6) is 0.979. The molecule has 2 heteroatoms. The molecule has 1 aliphatic carbocycles. The van der Waals surface area contributed by atoms with Crippen LogP contribution in [0.3, 0.4) is 0 Å². The third-order valence-corrected chi connectivity index (χ3v) is 3.88. The van der Waals surface area contributed by atoms with E-state index in [1.54, 1.807) is 0 Å². The fourth-order valence-corrected chi connectivity index (χ4v) is 2.87. The van der Waals surface area contributed by atoms with Gasteiger partial charge < -0.3 is 10.5 Å². The quantitative estimate of drug-likeness (QED) is 0.807. The highest BCUT2D eigenvalue weighted by Gasteiger charge is 2.36. The van der Waals surface area contributed by atoms with E-state index < -0.39 is 0 Å². The number of hydrogen-bond acceptors (Lipinski definition) is 2. The zero-order chi connectivity index (χ0) is 13.0. The molecular formula is C16H23NO. The molecule has 2 N–H and O–H groups in total. The van der Waals surface area contributed by atoms with Crippen LogP contribution in [0.1, 0.15) is 38.2 Å². The topological polar surface area (TPSA) is 35.2 Å². The first-order chi connectivity index (χ1) is 8.68. The number of para-hydroxylation sites is 1. The molecule has 98 valence electrons. The van der Waals surface area contributed by atoms with E-state index in [1.807, 2.05) is 19.1 Å². The summed E-state index contributed by atoms with van der Waals surface area (Å²) < 4.78 is 5.88. The van der Waals surface area contributed by atoms with Crippen molar-refractivity contribution in [1.82, 2.24) is 0 Å². The molecule has 1 aromatic carbocycles. The maximum absolute atomic E-state index is 6.05. The van der Waals surface area contributed by atoms with Gasteiger partial charge in [0.25, 0.3) is 0 Å². The maximum Gasteiger partial charge on any atom is 0.123 e. The number of hydrogen-bond donors (Lipinski definition) is 1. The average molecular weight is 245 g/mol. The lowest BCUT2D eigenvalue weighted by atomic mass is 9.78. The van der Waals surface area contributed by atoms with Crippen LogP contribution in [0.5, 0.6) is 5.75 Å². The molecule has 0 aliphatic heterocycles. The molecule has 0 bridgehead atoms. The lowest BCUT2D eigenvalue weighted by Gasteiger charge is -2.29. The number of nitrogens with two attached hydrogens (primary N) is 1. The Bertz CT molecular complexity index is 419. The summed E-state index contributed by atoms with van der Waals surface area (Å²) >= 11 is 0. The summed E-state index contributed by atoms with van der Waals surface area (Å²) in [6.45, 7) is 7.16. The van der Waals surface area contributed by atoms with E-state index in [4.69, 9.17) is 10.5 Å². The summed E-state index contributed by atoms with van der Waals surface area (Å²) in [7, 11) is 0. The van der Waals surface area contributed by atoms with E-state index in [-0.39, 0.29) is 5.41 Å². The molecule has 0 amide bonds. The van der Waals surface area contributed by atoms with E-state index in [1.165, 1.54) is 31.2 Å². The Morgan fingerprint density at radius 1 is 1.33 bits per heavy atom. The van der Waals surface area contributed by atoms with Crippen LogP contribution < -0.4 is 10.5 Å². The summed E-state index contributed by atoms with van der Waals surface area (Å²) in [5.41, 5.74) is 8.51. The predicted octanol–water partition coefficient (Wildman–Crippen LogP) is 3.41. The van der Waals surface area contributed by atoms with Crippen LogP contribution in [-0.4, -0.2) is 13.2 Å². The van der Waals surface area contributed by atoms with E-state index >= 15 is 0 Å². The van der Waals surface area contributed by atoms with Crippen molar-refractivity contribution < 1.29 is 4.74 Å². The van der Waals surface area contributed by atoms with Crippen molar-refractivity contribution in [3.63, 3.8) is 0 Å². The van der Waals surface area contributed by atoms with Gasteiger partial charge in [0.15, 0.2) is 0 Å². The minimum Gasteiger partial charge on any atom is -0.489 e. The molecule has 2 nitrogen and oxygen atoms in total. The number of rotatable bonds is 5. The standard InChI is InChI=1S/C16H23NO/c1-13(2)11-18-15-8-4-3-7-14(15)16(12-17)9-5-6-10-16/h3-4,7-8H,1,5-6,9-12,17H2,2H3. The van der Waals surface area contributed by atoms with Gasteiger partial charge >= 0.3 is 0 Å². The second-order valence-electron chi connectivity index (χ2n) is 5.43. The van der Waals surface area contributed by atoms with Gasteiger partial charge in [0.05, 0.1) is 0 Å². The van der Waals surface area contributed by atoms with Crippen molar-refractivity contribution in [2.75, 3.05) is 13.2 Å². The molecule has 0 spiro atoms. The Kier molecular flexibility index (Phi) is 4.07. The van der Waals surface area contributed by atoms with Gasteiger partial charge in [0.1, 0.15) is 12.4 Å². The molecule has 18 heavy (non-hydrogen) atoms. The third kappa shape index (κ3) is 2.59. The lowest BCUT2D eigenvalue weighted by Crippen LogP contribution is -2.32. The maximum atomic E-state index is 6.05. The second-order valence-corrected chi connectivity index (χ2v) is 5.43. The summed E-state index contributed by atoms with van der Waals surface area (Å²) in [5, 5.41) is 0. The van der Waals surface area contributed by atoms with Crippen LogP contribution in [0, 0.1) is 0 Å².